The second-order valence-electron chi connectivity index (χ2n) is 5.45. The molecule has 3 rings (SSSR count). The molecule has 1 aromatic rings. The monoisotopic (exact) mass is 290 g/mol. The summed E-state index contributed by atoms with van der Waals surface area (Å²) in [6.45, 7) is 1.26. The third-order valence-electron chi connectivity index (χ3n) is 3.94. The molecule has 0 aliphatic carbocycles. The van der Waals surface area contributed by atoms with Gasteiger partial charge in [0.25, 0.3) is 5.91 Å². The first-order valence-electron chi connectivity index (χ1n) is 6.93. The molecule has 0 bridgehead atoms. The van der Waals surface area contributed by atoms with Gasteiger partial charge in [-0.25, -0.2) is 4.39 Å². The van der Waals surface area contributed by atoms with Crippen LogP contribution in [0.3, 0.4) is 0 Å². The zero-order valence-electron chi connectivity index (χ0n) is 11.4. The van der Waals surface area contributed by atoms with Crippen molar-refractivity contribution < 1.29 is 18.8 Å². The lowest BCUT2D eigenvalue weighted by molar-refractivity contribution is -0.139. The van der Waals surface area contributed by atoms with Crippen molar-refractivity contribution in [3.05, 3.63) is 35.6 Å². The van der Waals surface area contributed by atoms with Crippen LogP contribution in [0.2, 0.25) is 0 Å². The Morgan fingerprint density at radius 2 is 1.76 bits per heavy atom. The van der Waals surface area contributed by atoms with Crippen LogP contribution in [0.4, 0.5) is 4.39 Å². The van der Waals surface area contributed by atoms with E-state index in [9.17, 15) is 18.8 Å². The van der Waals surface area contributed by atoms with E-state index in [4.69, 9.17) is 0 Å². The molecule has 2 saturated heterocycles. The Morgan fingerprint density at radius 1 is 1.14 bits per heavy atom. The molecule has 0 aromatic heterocycles. The molecule has 0 atom stereocenters. The third-order valence-corrected chi connectivity index (χ3v) is 3.94. The molecule has 6 heteroatoms. The first-order chi connectivity index (χ1) is 10.1. The molecule has 2 aliphatic heterocycles. The number of hydrogen-bond donors (Lipinski definition) is 0. The van der Waals surface area contributed by atoms with Crippen molar-refractivity contribution >= 4 is 17.7 Å². The van der Waals surface area contributed by atoms with Crippen LogP contribution in [0.1, 0.15) is 23.2 Å². The SMILES string of the molecule is O=C(c1ccccc1F)N1CC(CN2C(=O)CCC2=O)C1. The average Bonchev–Trinajstić information content (AvgIpc) is 2.73. The largest absolute Gasteiger partial charge is 0.338 e. The van der Waals surface area contributed by atoms with Gasteiger partial charge in [-0.3, -0.25) is 19.3 Å². The average molecular weight is 290 g/mol. The fourth-order valence-corrected chi connectivity index (χ4v) is 2.74. The molecule has 2 heterocycles. The molecule has 0 unspecified atom stereocenters. The summed E-state index contributed by atoms with van der Waals surface area (Å²) in [6, 6.07) is 5.87. The van der Waals surface area contributed by atoms with Crippen molar-refractivity contribution in [2.75, 3.05) is 19.6 Å². The Morgan fingerprint density at radius 3 is 2.38 bits per heavy atom. The molecule has 21 heavy (non-hydrogen) atoms. The maximum atomic E-state index is 13.5. The Hall–Kier alpha value is -2.24. The lowest BCUT2D eigenvalue weighted by atomic mass is 9.98. The van der Waals surface area contributed by atoms with Crippen molar-refractivity contribution in [3.8, 4) is 0 Å². The maximum absolute atomic E-state index is 13.5. The van der Waals surface area contributed by atoms with E-state index in [1.54, 1.807) is 6.07 Å². The molecule has 0 saturated carbocycles. The summed E-state index contributed by atoms with van der Waals surface area (Å²) in [6.07, 6.45) is 0.562. The first-order valence-corrected chi connectivity index (χ1v) is 6.93. The molecular formula is C15H15FN2O3. The van der Waals surface area contributed by atoms with Gasteiger partial charge in [0.15, 0.2) is 0 Å². The number of likely N-dealkylation sites (tertiary alicyclic amines) is 2. The highest BCUT2D eigenvalue weighted by molar-refractivity contribution is 6.02. The number of imide groups is 1. The lowest BCUT2D eigenvalue weighted by Crippen LogP contribution is -2.54. The van der Waals surface area contributed by atoms with Crippen molar-refractivity contribution in [3.63, 3.8) is 0 Å². The number of halogens is 1. The second kappa shape index (κ2) is 5.27. The van der Waals surface area contributed by atoms with Gasteiger partial charge in [0.1, 0.15) is 5.82 Å². The van der Waals surface area contributed by atoms with E-state index >= 15 is 0 Å². The van der Waals surface area contributed by atoms with E-state index in [1.807, 2.05) is 0 Å². The van der Waals surface area contributed by atoms with Crippen LogP contribution in [0.5, 0.6) is 0 Å². The number of amides is 3. The topological polar surface area (TPSA) is 57.7 Å². The van der Waals surface area contributed by atoms with E-state index in [0.717, 1.165) is 0 Å². The van der Waals surface area contributed by atoms with Crippen LogP contribution in [0.15, 0.2) is 24.3 Å². The van der Waals surface area contributed by atoms with Gasteiger partial charge in [0.05, 0.1) is 5.56 Å². The number of carbonyl (C=O) groups is 3. The number of hydrogen-bond acceptors (Lipinski definition) is 3. The molecule has 0 N–H and O–H groups in total. The minimum Gasteiger partial charge on any atom is -0.338 e. The Kier molecular flexibility index (Phi) is 3.45. The van der Waals surface area contributed by atoms with Gasteiger partial charge in [-0.2, -0.15) is 0 Å². The summed E-state index contributed by atoms with van der Waals surface area (Å²) >= 11 is 0. The highest BCUT2D eigenvalue weighted by Gasteiger charge is 2.37. The molecular weight excluding hydrogens is 275 g/mol. The standard InChI is InChI=1S/C15H15FN2O3/c16-12-4-2-1-3-11(12)15(21)17-7-10(8-17)9-18-13(19)5-6-14(18)20/h1-4,10H,5-9H2. The first kappa shape index (κ1) is 13.7. The molecule has 0 radical (unpaired) electrons. The van der Waals surface area contributed by atoms with Crippen LogP contribution in [0.25, 0.3) is 0 Å². The molecule has 0 spiro atoms. The molecule has 2 fully saturated rings. The van der Waals surface area contributed by atoms with Gasteiger partial charge in [-0.1, -0.05) is 12.1 Å². The maximum Gasteiger partial charge on any atom is 0.256 e. The van der Waals surface area contributed by atoms with E-state index in [1.165, 1.54) is 28.0 Å². The fourth-order valence-electron chi connectivity index (χ4n) is 2.74. The summed E-state index contributed by atoms with van der Waals surface area (Å²) in [5.41, 5.74) is 0.0595. The van der Waals surface area contributed by atoms with Gasteiger partial charge in [0.2, 0.25) is 11.8 Å². The van der Waals surface area contributed by atoms with E-state index < -0.39 is 5.82 Å². The number of rotatable bonds is 3. The number of benzene rings is 1. The highest BCUT2D eigenvalue weighted by atomic mass is 19.1. The zero-order valence-corrected chi connectivity index (χ0v) is 11.4. The zero-order chi connectivity index (χ0) is 15.0. The smallest absolute Gasteiger partial charge is 0.256 e. The van der Waals surface area contributed by atoms with Crippen LogP contribution in [-0.2, 0) is 9.59 Å². The second-order valence-corrected chi connectivity index (χ2v) is 5.45. The Bertz CT molecular complexity index is 595. The summed E-state index contributed by atoms with van der Waals surface area (Å²) in [4.78, 5) is 37.9. The van der Waals surface area contributed by atoms with Crippen LogP contribution in [-0.4, -0.2) is 47.2 Å². The van der Waals surface area contributed by atoms with E-state index in [0.29, 0.717) is 19.6 Å². The number of carbonyl (C=O) groups excluding carboxylic acids is 3. The van der Waals surface area contributed by atoms with Gasteiger partial charge in [-0.15, -0.1) is 0 Å². The van der Waals surface area contributed by atoms with Gasteiger partial charge in [0, 0.05) is 38.4 Å². The van der Waals surface area contributed by atoms with Crippen LogP contribution >= 0.6 is 0 Å². The predicted octanol–water partition coefficient (Wildman–Crippen LogP) is 1.05. The summed E-state index contributed by atoms with van der Waals surface area (Å²) in [5, 5.41) is 0. The summed E-state index contributed by atoms with van der Waals surface area (Å²) in [7, 11) is 0. The normalized spacial score (nSPS) is 19.1. The molecule has 5 nitrogen and oxygen atoms in total. The van der Waals surface area contributed by atoms with Gasteiger partial charge in [-0.05, 0) is 12.1 Å². The van der Waals surface area contributed by atoms with Crippen molar-refractivity contribution in [1.29, 1.82) is 0 Å². The summed E-state index contributed by atoms with van der Waals surface area (Å²) < 4.78 is 13.5. The quantitative estimate of drug-likeness (QED) is 0.782. The van der Waals surface area contributed by atoms with E-state index in [2.05, 4.69) is 0 Å². The van der Waals surface area contributed by atoms with Crippen LogP contribution < -0.4 is 0 Å². The highest BCUT2D eigenvalue weighted by Crippen LogP contribution is 2.23. The minimum absolute atomic E-state index is 0.0595. The third kappa shape index (κ3) is 2.53. The molecule has 3 amide bonds. The van der Waals surface area contributed by atoms with Crippen LogP contribution in [0, 0.1) is 11.7 Å². The molecule has 1 aromatic carbocycles. The minimum atomic E-state index is -0.532. The fraction of sp³-hybridized carbons (Fsp3) is 0.400. The Balaban J connectivity index is 1.56. The van der Waals surface area contributed by atoms with Crippen molar-refractivity contribution in [2.45, 2.75) is 12.8 Å². The Labute approximate surface area is 121 Å². The molecule has 2 aliphatic rings. The van der Waals surface area contributed by atoms with Gasteiger partial charge >= 0.3 is 0 Å². The van der Waals surface area contributed by atoms with Crippen molar-refractivity contribution in [2.24, 2.45) is 5.92 Å². The lowest BCUT2D eigenvalue weighted by Gasteiger charge is -2.40. The van der Waals surface area contributed by atoms with Crippen molar-refractivity contribution in [1.82, 2.24) is 9.80 Å². The summed E-state index contributed by atoms with van der Waals surface area (Å²) in [5.74, 6) is -1.07. The van der Waals surface area contributed by atoms with Gasteiger partial charge < -0.3 is 4.90 Å². The predicted molar refractivity (Wildman–Crippen MR) is 71.7 cm³/mol. The number of nitrogens with zero attached hydrogens (tertiary/aromatic N) is 2. The van der Waals surface area contributed by atoms with E-state index in [-0.39, 0.29) is 42.0 Å². The molecule has 110 valence electrons.